The molecule has 2 aromatic carbocycles. The third-order valence-corrected chi connectivity index (χ3v) is 6.07. The second-order valence-corrected chi connectivity index (χ2v) is 8.18. The van der Waals surface area contributed by atoms with Gasteiger partial charge in [-0.3, -0.25) is 0 Å². The first-order chi connectivity index (χ1) is 15.8. The quantitative estimate of drug-likeness (QED) is 0.555. The smallest absolute Gasteiger partial charge is 0.0728 e. The lowest BCUT2D eigenvalue weighted by Crippen LogP contribution is -2.11. The van der Waals surface area contributed by atoms with Gasteiger partial charge in [0.15, 0.2) is 0 Å². The number of thiol groups is 2. The van der Waals surface area contributed by atoms with E-state index < -0.39 is 0 Å². The van der Waals surface area contributed by atoms with Crippen molar-refractivity contribution in [1.29, 1.82) is 0 Å². The summed E-state index contributed by atoms with van der Waals surface area (Å²) < 4.78 is 34.2. The van der Waals surface area contributed by atoms with E-state index in [4.69, 9.17) is 28.4 Å². The Morgan fingerprint density at radius 1 is 0.406 bits per heavy atom. The standard InChI is InChI=1S/C24H32O6S2/c31-23-19-3-1-4-20(23)16-28-12-8-26-10-14-30-18-22-6-2-5-21(24(22)32)17-29-13-9-25-7-11-27-15-19/h1-6,31-32H,7-18H2. The van der Waals surface area contributed by atoms with Gasteiger partial charge in [-0.05, 0) is 22.3 Å². The second-order valence-electron chi connectivity index (χ2n) is 7.28. The van der Waals surface area contributed by atoms with Crippen LogP contribution in [0, 0.1) is 0 Å². The van der Waals surface area contributed by atoms with Gasteiger partial charge < -0.3 is 28.4 Å². The van der Waals surface area contributed by atoms with Crippen LogP contribution in [0.5, 0.6) is 0 Å². The average Bonchev–Trinajstić information content (AvgIpc) is 2.80. The highest BCUT2D eigenvalue weighted by atomic mass is 32.1. The van der Waals surface area contributed by atoms with Crippen LogP contribution in [0.4, 0.5) is 0 Å². The van der Waals surface area contributed by atoms with E-state index in [9.17, 15) is 0 Å². The van der Waals surface area contributed by atoms with E-state index in [1.807, 2.05) is 36.4 Å². The summed E-state index contributed by atoms with van der Waals surface area (Å²) in [4.78, 5) is 1.80. The third-order valence-electron chi connectivity index (χ3n) is 4.92. The molecule has 0 fully saturated rings. The predicted octanol–water partition coefficient (Wildman–Crippen LogP) is 4.08. The van der Waals surface area contributed by atoms with Crippen LogP contribution in [0.15, 0.2) is 46.2 Å². The summed E-state index contributed by atoms with van der Waals surface area (Å²) in [7, 11) is 0. The third kappa shape index (κ3) is 8.68. The van der Waals surface area contributed by atoms with Crippen LogP contribution in [0.2, 0.25) is 0 Å². The average molecular weight is 481 g/mol. The summed E-state index contributed by atoms with van der Waals surface area (Å²) in [5.74, 6) is 0. The molecule has 0 amide bonds. The minimum absolute atomic E-state index is 0.483. The summed E-state index contributed by atoms with van der Waals surface area (Å²) in [6.07, 6.45) is 0. The van der Waals surface area contributed by atoms with E-state index in [2.05, 4.69) is 25.3 Å². The molecule has 0 saturated heterocycles. The maximum atomic E-state index is 5.74. The van der Waals surface area contributed by atoms with Gasteiger partial charge >= 0.3 is 0 Å². The molecule has 2 aromatic rings. The van der Waals surface area contributed by atoms with Crippen molar-refractivity contribution in [3.63, 3.8) is 0 Å². The van der Waals surface area contributed by atoms with Crippen molar-refractivity contribution in [3.05, 3.63) is 58.7 Å². The lowest BCUT2D eigenvalue weighted by molar-refractivity contribution is 0.00416. The molecule has 1 aliphatic rings. The zero-order valence-electron chi connectivity index (χ0n) is 18.3. The lowest BCUT2D eigenvalue weighted by Gasteiger charge is -2.13. The minimum atomic E-state index is 0.483. The van der Waals surface area contributed by atoms with Gasteiger partial charge in [0.05, 0.1) is 79.3 Å². The van der Waals surface area contributed by atoms with Gasteiger partial charge in [-0.25, -0.2) is 0 Å². The fourth-order valence-electron chi connectivity index (χ4n) is 3.16. The number of fused-ring (bicyclic) bond motifs is 4. The number of benzene rings is 2. The number of hydrogen-bond donors (Lipinski definition) is 2. The molecule has 1 heterocycles. The SMILES string of the molecule is Sc1c2cccc1COCCOCCOCc1cccc(c1S)COCCOCCOC2. The van der Waals surface area contributed by atoms with Crippen molar-refractivity contribution in [2.24, 2.45) is 0 Å². The molecule has 0 atom stereocenters. The van der Waals surface area contributed by atoms with Crippen LogP contribution in [0.25, 0.3) is 0 Å². The van der Waals surface area contributed by atoms with E-state index >= 15 is 0 Å². The summed E-state index contributed by atoms with van der Waals surface area (Å²) >= 11 is 9.30. The van der Waals surface area contributed by atoms with E-state index in [0.717, 1.165) is 32.0 Å². The summed E-state index contributed by atoms with van der Waals surface area (Å²) in [5.41, 5.74) is 4.13. The van der Waals surface area contributed by atoms with Crippen LogP contribution in [0.3, 0.4) is 0 Å². The Bertz CT molecular complexity index is 693. The molecular weight excluding hydrogens is 448 g/mol. The highest BCUT2D eigenvalue weighted by Crippen LogP contribution is 2.22. The van der Waals surface area contributed by atoms with Crippen molar-refractivity contribution >= 4 is 25.3 Å². The molecule has 0 spiro atoms. The predicted molar refractivity (Wildman–Crippen MR) is 128 cm³/mol. The number of hydrogen-bond acceptors (Lipinski definition) is 8. The number of ether oxygens (including phenoxy) is 6. The fourth-order valence-corrected chi connectivity index (χ4v) is 3.72. The number of rotatable bonds is 0. The largest absolute Gasteiger partial charge is 0.377 e. The molecule has 8 heteroatoms. The van der Waals surface area contributed by atoms with Gasteiger partial charge in [0, 0.05) is 9.79 Å². The van der Waals surface area contributed by atoms with E-state index in [0.29, 0.717) is 79.3 Å². The Hall–Kier alpha value is -1.10. The van der Waals surface area contributed by atoms with Crippen molar-refractivity contribution < 1.29 is 28.4 Å². The molecule has 176 valence electrons. The van der Waals surface area contributed by atoms with Crippen LogP contribution < -0.4 is 0 Å². The van der Waals surface area contributed by atoms with Crippen LogP contribution in [-0.2, 0) is 54.8 Å². The Kier molecular flexibility index (Phi) is 11.9. The normalized spacial score (nSPS) is 18.6. The van der Waals surface area contributed by atoms with Crippen molar-refractivity contribution in [2.45, 2.75) is 36.2 Å². The monoisotopic (exact) mass is 480 g/mol. The van der Waals surface area contributed by atoms with E-state index in [1.165, 1.54) is 0 Å². The first kappa shape index (κ1) is 25.5. The molecule has 0 saturated carbocycles. The lowest BCUT2D eigenvalue weighted by atomic mass is 10.1. The second kappa shape index (κ2) is 14.9. The van der Waals surface area contributed by atoms with Crippen molar-refractivity contribution in [2.75, 3.05) is 52.9 Å². The fraction of sp³-hybridized carbons (Fsp3) is 0.500. The highest BCUT2D eigenvalue weighted by molar-refractivity contribution is 7.80. The first-order valence-corrected chi connectivity index (χ1v) is 11.7. The Morgan fingerprint density at radius 2 is 0.656 bits per heavy atom. The van der Waals surface area contributed by atoms with Gasteiger partial charge in [0.25, 0.3) is 0 Å². The molecule has 6 nitrogen and oxygen atoms in total. The van der Waals surface area contributed by atoms with Crippen molar-refractivity contribution in [1.82, 2.24) is 0 Å². The van der Waals surface area contributed by atoms with Gasteiger partial charge in [0.1, 0.15) is 0 Å². The molecule has 4 bridgehead atoms. The maximum absolute atomic E-state index is 5.74. The van der Waals surface area contributed by atoms with Crippen LogP contribution >= 0.6 is 25.3 Å². The molecule has 0 aliphatic carbocycles. The van der Waals surface area contributed by atoms with E-state index in [1.54, 1.807) is 0 Å². The Morgan fingerprint density at radius 3 is 0.938 bits per heavy atom. The highest BCUT2D eigenvalue weighted by Gasteiger charge is 2.07. The topological polar surface area (TPSA) is 55.4 Å². The van der Waals surface area contributed by atoms with Gasteiger partial charge in [-0.2, -0.15) is 0 Å². The zero-order valence-corrected chi connectivity index (χ0v) is 20.1. The molecule has 1 aliphatic heterocycles. The van der Waals surface area contributed by atoms with Crippen molar-refractivity contribution in [3.8, 4) is 0 Å². The molecule has 0 radical (unpaired) electrons. The summed E-state index contributed by atoms with van der Waals surface area (Å²) in [6.45, 7) is 6.01. The van der Waals surface area contributed by atoms with Gasteiger partial charge in [0.2, 0.25) is 0 Å². The molecule has 0 N–H and O–H groups in total. The van der Waals surface area contributed by atoms with Gasteiger partial charge in [-0.1, -0.05) is 36.4 Å². The van der Waals surface area contributed by atoms with Gasteiger partial charge in [-0.15, -0.1) is 25.3 Å². The minimum Gasteiger partial charge on any atom is -0.377 e. The van der Waals surface area contributed by atoms with E-state index in [-0.39, 0.29) is 0 Å². The summed E-state index contributed by atoms with van der Waals surface area (Å²) in [5, 5.41) is 0. The molecule has 3 rings (SSSR count). The molecule has 0 aromatic heterocycles. The van der Waals surface area contributed by atoms with Crippen LogP contribution in [-0.4, -0.2) is 52.9 Å². The Balaban J connectivity index is 1.51. The zero-order chi connectivity index (χ0) is 22.4. The molecular formula is C24H32O6S2. The maximum Gasteiger partial charge on any atom is 0.0728 e. The molecule has 32 heavy (non-hydrogen) atoms. The Labute approximate surface area is 201 Å². The molecule has 0 unspecified atom stereocenters. The first-order valence-electron chi connectivity index (χ1n) is 10.8. The summed E-state index contributed by atoms with van der Waals surface area (Å²) in [6, 6.07) is 12.0. The van der Waals surface area contributed by atoms with Crippen LogP contribution in [0.1, 0.15) is 22.3 Å².